The number of rotatable bonds is 0. The van der Waals surface area contributed by atoms with Gasteiger partial charge in [-0.1, -0.05) is 6.07 Å². The highest BCUT2D eigenvalue weighted by molar-refractivity contribution is 7.19. The summed E-state index contributed by atoms with van der Waals surface area (Å²) in [4.78, 5) is 0.732. The molecule has 0 aliphatic carbocycles. The van der Waals surface area contributed by atoms with Crippen LogP contribution in [-0.4, -0.2) is 0 Å². The number of nitriles is 1. The van der Waals surface area contributed by atoms with E-state index in [9.17, 15) is 0 Å². The van der Waals surface area contributed by atoms with Crippen LogP contribution in [0.15, 0.2) is 24.3 Å². The second kappa shape index (κ2) is 2.50. The molecule has 2 nitrogen and oxygen atoms in total. The van der Waals surface area contributed by atoms with Gasteiger partial charge in [-0.05, 0) is 23.6 Å². The molecule has 0 spiro atoms. The molecule has 0 aliphatic heterocycles. The van der Waals surface area contributed by atoms with E-state index in [4.69, 9.17) is 11.0 Å². The largest absolute Gasteiger partial charge is 0.399 e. The summed E-state index contributed by atoms with van der Waals surface area (Å²) in [6, 6.07) is 9.65. The summed E-state index contributed by atoms with van der Waals surface area (Å²) in [5.74, 6) is 0. The number of benzene rings is 1. The average Bonchev–Trinajstić information content (AvgIpc) is 2.46. The fourth-order valence-electron chi connectivity index (χ4n) is 1.10. The van der Waals surface area contributed by atoms with Crippen LogP contribution >= 0.6 is 11.3 Å². The van der Waals surface area contributed by atoms with Gasteiger partial charge in [0, 0.05) is 10.4 Å². The Hall–Kier alpha value is -1.53. The van der Waals surface area contributed by atoms with Gasteiger partial charge in [0.2, 0.25) is 0 Å². The van der Waals surface area contributed by atoms with E-state index in [0.29, 0.717) is 0 Å². The summed E-state index contributed by atoms with van der Waals surface area (Å²) < 4.78 is 1.08. The van der Waals surface area contributed by atoms with Crippen molar-refractivity contribution < 1.29 is 0 Å². The number of fused-ring (bicyclic) bond motifs is 1. The summed E-state index contributed by atoms with van der Waals surface area (Å²) >= 11 is 1.47. The van der Waals surface area contributed by atoms with E-state index in [-0.39, 0.29) is 0 Å². The minimum Gasteiger partial charge on any atom is -0.399 e. The second-order valence-electron chi connectivity index (χ2n) is 2.52. The van der Waals surface area contributed by atoms with E-state index in [1.165, 1.54) is 11.3 Å². The third-order valence-electron chi connectivity index (χ3n) is 1.65. The Morgan fingerprint density at radius 1 is 1.33 bits per heavy atom. The highest BCUT2D eigenvalue weighted by Crippen LogP contribution is 2.26. The Bertz CT molecular complexity index is 465. The first-order chi connectivity index (χ1) is 5.79. The molecule has 2 aromatic rings. The molecule has 0 amide bonds. The zero-order valence-electron chi connectivity index (χ0n) is 6.24. The molecule has 0 unspecified atom stereocenters. The summed E-state index contributed by atoms with van der Waals surface area (Å²) in [5, 5.41) is 9.73. The molecule has 0 atom stereocenters. The van der Waals surface area contributed by atoms with Gasteiger partial charge in [0.15, 0.2) is 0 Å². The summed E-state index contributed by atoms with van der Waals surface area (Å²) in [5.41, 5.74) is 6.34. The maximum atomic E-state index is 8.64. The lowest BCUT2D eigenvalue weighted by Crippen LogP contribution is -1.80. The Morgan fingerprint density at radius 3 is 2.92 bits per heavy atom. The number of hydrogen-bond donors (Lipinski definition) is 1. The quantitative estimate of drug-likeness (QED) is 0.623. The van der Waals surface area contributed by atoms with Crippen LogP contribution in [0.3, 0.4) is 0 Å². The highest BCUT2D eigenvalue weighted by atomic mass is 32.1. The fraction of sp³-hybridized carbons (Fsp3) is 0. The average molecular weight is 174 g/mol. The van der Waals surface area contributed by atoms with Gasteiger partial charge in [0.25, 0.3) is 0 Å². The topological polar surface area (TPSA) is 49.8 Å². The van der Waals surface area contributed by atoms with E-state index in [1.54, 1.807) is 0 Å². The molecule has 0 radical (unpaired) electrons. The van der Waals surface area contributed by atoms with Gasteiger partial charge in [-0.25, -0.2) is 0 Å². The van der Waals surface area contributed by atoms with Crippen molar-refractivity contribution in [2.45, 2.75) is 0 Å². The number of anilines is 1. The van der Waals surface area contributed by atoms with Crippen LogP contribution < -0.4 is 5.73 Å². The minimum absolute atomic E-state index is 0.732. The van der Waals surface area contributed by atoms with Crippen molar-refractivity contribution in [2.24, 2.45) is 0 Å². The van der Waals surface area contributed by atoms with Crippen molar-refractivity contribution >= 4 is 27.1 Å². The molecule has 0 fully saturated rings. The number of nitrogens with two attached hydrogens (primary N) is 1. The van der Waals surface area contributed by atoms with E-state index >= 15 is 0 Å². The van der Waals surface area contributed by atoms with E-state index in [0.717, 1.165) is 20.7 Å². The fourth-order valence-corrected chi connectivity index (χ4v) is 2.01. The van der Waals surface area contributed by atoms with Crippen molar-refractivity contribution in [1.82, 2.24) is 0 Å². The Balaban J connectivity index is 2.77. The van der Waals surface area contributed by atoms with Gasteiger partial charge in [-0.3, -0.25) is 0 Å². The molecule has 2 rings (SSSR count). The van der Waals surface area contributed by atoms with Crippen LogP contribution in [0.25, 0.3) is 10.1 Å². The van der Waals surface area contributed by atoms with Crippen molar-refractivity contribution in [3.05, 3.63) is 29.1 Å². The van der Waals surface area contributed by atoms with Crippen LogP contribution in [0.1, 0.15) is 4.88 Å². The summed E-state index contributed by atoms with van der Waals surface area (Å²) in [6.45, 7) is 0. The first-order valence-electron chi connectivity index (χ1n) is 3.49. The zero-order chi connectivity index (χ0) is 8.55. The molecule has 1 aromatic heterocycles. The van der Waals surface area contributed by atoms with E-state index < -0.39 is 0 Å². The van der Waals surface area contributed by atoms with E-state index in [2.05, 4.69) is 6.07 Å². The lowest BCUT2D eigenvalue weighted by molar-refractivity contribution is 1.52. The molecule has 0 saturated heterocycles. The molecule has 1 aromatic carbocycles. The van der Waals surface area contributed by atoms with Gasteiger partial charge in [-0.15, -0.1) is 11.3 Å². The predicted octanol–water partition coefficient (Wildman–Crippen LogP) is 2.36. The molecule has 1 heterocycles. The molecular formula is C9H6N2S. The molecule has 0 saturated carbocycles. The number of thiophene rings is 1. The first kappa shape index (κ1) is 7.14. The summed E-state index contributed by atoms with van der Waals surface area (Å²) in [6.07, 6.45) is 0. The van der Waals surface area contributed by atoms with Gasteiger partial charge in [-0.2, -0.15) is 5.26 Å². The van der Waals surface area contributed by atoms with Crippen LogP contribution in [0.2, 0.25) is 0 Å². The molecule has 58 valence electrons. The van der Waals surface area contributed by atoms with Crippen LogP contribution in [-0.2, 0) is 0 Å². The SMILES string of the molecule is N#Cc1cc2ccc(N)cc2s1. The maximum Gasteiger partial charge on any atom is 0.110 e. The number of nitrogens with zero attached hydrogens (tertiary/aromatic N) is 1. The zero-order valence-corrected chi connectivity index (χ0v) is 7.06. The molecule has 3 heteroatoms. The standard InChI is InChI=1S/C9H6N2S/c10-5-8-3-6-1-2-7(11)4-9(6)12-8/h1-4H,11H2. The van der Waals surface area contributed by atoms with E-state index in [1.807, 2.05) is 24.3 Å². The molecule has 0 bridgehead atoms. The first-order valence-corrected chi connectivity index (χ1v) is 4.30. The monoisotopic (exact) mass is 174 g/mol. The molecule has 2 N–H and O–H groups in total. The van der Waals surface area contributed by atoms with Crippen molar-refractivity contribution in [3.63, 3.8) is 0 Å². The van der Waals surface area contributed by atoms with Gasteiger partial charge in [0.1, 0.15) is 10.9 Å². The van der Waals surface area contributed by atoms with Crippen molar-refractivity contribution in [3.8, 4) is 6.07 Å². The lowest BCUT2D eigenvalue weighted by Gasteiger charge is -1.90. The normalized spacial score (nSPS) is 9.92. The van der Waals surface area contributed by atoms with Crippen molar-refractivity contribution in [1.29, 1.82) is 5.26 Å². The van der Waals surface area contributed by atoms with Crippen LogP contribution in [0.4, 0.5) is 5.69 Å². The minimum atomic E-state index is 0.732. The smallest absolute Gasteiger partial charge is 0.110 e. The number of hydrogen-bond acceptors (Lipinski definition) is 3. The maximum absolute atomic E-state index is 8.64. The van der Waals surface area contributed by atoms with Crippen LogP contribution in [0, 0.1) is 11.3 Å². The Kier molecular flexibility index (Phi) is 1.49. The third-order valence-corrected chi connectivity index (χ3v) is 2.66. The van der Waals surface area contributed by atoms with Gasteiger partial charge < -0.3 is 5.73 Å². The number of nitrogen functional groups attached to an aromatic ring is 1. The lowest BCUT2D eigenvalue weighted by atomic mass is 10.2. The molecule has 0 aliphatic rings. The molecular weight excluding hydrogens is 168 g/mol. The van der Waals surface area contributed by atoms with Crippen molar-refractivity contribution in [2.75, 3.05) is 5.73 Å². The Labute approximate surface area is 73.9 Å². The molecule has 12 heavy (non-hydrogen) atoms. The third kappa shape index (κ3) is 1.03. The highest BCUT2D eigenvalue weighted by Gasteiger charge is 1.99. The second-order valence-corrected chi connectivity index (χ2v) is 3.60. The Morgan fingerprint density at radius 2 is 2.17 bits per heavy atom. The van der Waals surface area contributed by atoms with Gasteiger partial charge >= 0.3 is 0 Å². The predicted molar refractivity (Wildman–Crippen MR) is 51.0 cm³/mol. The summed E-state index contributed by atoms with van der Waals surface area (Å²) in [7, 11) is 0. The van der Waals surface area contributed by atoms with Gasteiger partial charge in [0.05, 0.1) is 0 Å². The van der Waals surface area contributed by atoms with Crippen LogP contribution in [0.5, 0.6) is 0 Å².